The Morgan fingerprint density at radius 2 is 1.84 bits per heavy atom. The fourth-order valence-corrected chi connectivity index (χ4v) is 4.11. The van der Waals surface area contributed by atoms with Gasteiger partial charge in [-0.05, 0) is 37.8 Å². The number of aliphatic hydroxyl groups excluding tert-OH is 1. The Morgan fingerprint density at radius 3 is 2.38 bits per heavy atom. The van der Waals surface area contributed by atoms with Crippen molar-refractivity contribution in [3.05, 3.63) is 63.7 Å². The Bertz CT molecular complexity index is 1400. The van der Waals surface area contributed by atoms with E-state index in [1.807, 2.05) is 5.32 Å². The maximum atomic E-state index is 14.8. The minimum Gasteiger partial charge on any atom is -0.392 e. The number of nitrogens with zero attached hydrogens (tertiary/aromatic N) is 3. The van der Waals surface area contributed by atoms with E-state index in [1.165, 1.54) is 24.0 Å². The second kappa shape index (κ2) is 9.69. The first-order valence-electron chi connectivity index (χ1n) is 11.3. The number of benzene rings is 1. The molecule has 198 valence electrons. The van der Waals surface area contributed by atoms with E-state index in [0.717, 1.165) is 0 Å². The third-order valence-electron chi connectivity index (χ3n) is 5.97. The number of halogens is 6. The zero-order valence-electron chi connectivity index (χ0n) is 19.6. The number of aromatic nitrogens is 2. The molecule has 1 aliphatic rings. The number of pyridine rings is 2. The van der Waals surface area contributed by atoms with Crippen LogP contribution in [0.15, 0.2) is 35.3 Å². The molecule has 2 atom stereocenters. The zero-order valence-corrected chi connectivity index (χ0v) is 19.6. The van der Waals surface area contributed by atoms with Gasteiger partial charge < -0.3 is 15.3 Å². The van der Waals surface area contributed by atoms with Gasteiger partial charge in [-0.2, -0.15) is 13.2 Å². The largest absolute Gasteiger partial charge is 0.408 e. The van der Waals surface area contributed by atoms with Gasteiger partial charge in [0.2, 0.25) is 5.43 Å². The lowest BCUT2D eigenvalue weighted by Crippen LogP contribution is -2.48. The van der Waals surface area contributed by atoms with Crippen molar-refractivity contribution in [3.63, 3.8) is 0 Å². The highest BCUT2D eigenvalue weighted by Gasteiger charge is 2.49. The molecule has 3 aromatic rings. The van der Waals surface area contributed by atoms with Gasteiger partial charge in [-0.3, -0.25) is 14.2 Å². The summed E-state index contributed by atoms with van der Waals surface area (Å²) in [5.74, 6) is -6.08. The van der Waals surface area contributed by atoms with Crippen LogP contribution in [0.25, 0.3) is 16.7 Å². The number of hydrogen-bond acceptors (Lipinski definition) is 5. The number of likely N-dealkylation sites (N-methyl/N-ethyl adjacent to an activating group) is 1. The van der Waals surface area contributed by atoms with Gasteiger partial charge in [0.15, 0.2) is 17.3 Å². The minimum absolute atomic E-state index is 0.0997. The fraction of sp³-hybridized carbons (Fsp3) is 0.375. The van der Waals surface area contributed by atoms with E-state index in [0.29, 0.717) is 22.9 Å². The van der Waals surface area contributed by atoms with E-state index in [1.54, 1.807) is 7.05 Å². The van der Waals surface area contributed by atoms with Crippen molar-refractivity contribution in [1.82, 2.24) is 14.9 Å². The molecular formula is C24H22F6N4O3. The lowest BCUT2D eigenvalue weighted by molar-refractivity contribution is -0.158. The van der Waals surface area contributed by atoms with Crippen molar-refractivity contribution in [2.75, 3.05) is 18.5 Å². The molecule has 1 saturated carbocycles. The summed E-state index contributed by atoms with van der Waals surface area (Å²) in [5.41, 5.74) is -3.05. The first-order valence-corrected chi connectivity index (χ1v) is 11.3. The van der Waals surface area contributed by atoms with Crippen LogP contribution in [0.4, 0.5) is 32.2 Å². The van der Waals surface area contributed by atoms with E-state index in [2.05, 4.69) is 4.98 Å². The third-order valence-corrected chi connectivity index (χ3v) is 5.97. The normalized spacial score (nSPS) is 15.5. The first kappa shape index (κ1) is 26.5. The predicted molar refractivity (Wildman–Crippen MR) is 122 cm³/mol. The van der Waals surface area contributed by atoms with Crippen molar-refractivity contribution in [2.24, 2.45) is 5.92 Å². The zero-order chi connectivity index (χ0) is 27.2. The van der Waals surface area contributed by atoms with Gasteiger partial charge >= 0.3 is 6.18 Å². The topological polar surface area (TPSA) is 87.5 Å². The molecule has 0 radical (unpaired) electrons. The molecule has 0 unspecified atom stereocenters. The average molecular weight is 528 g/mol. The number of alkyl halides is 3. The van der Waals surface area contributed by atoms with Crippen molar-refractivity contribution in [2.45, 2.75) is 38.1 Å². The lowest BCUT2D eigenvalue weighted by Gasteiger charge is -2.22. The number of carbonyl (C=O) groups is 1. The van der Waals surface area contributed by atoms with Crippen LogP contribution in [0.1, 0.15) is 30.1 Å². The number of nitrogens with one attached hydrogen (secondary N) is 1. The van der Waals surface area contributed by atoms with Crippen molar-refractivity contribution in [3.8, 4) is 5.69 Å². The molecule has 1 amide bonds. The standard InChI is InChI=1S/C24H22F6N4O3/c1-11(35)9-33(2)18-6-5-14-20(36)15(23(37)32-21(12-3-4-12)24(28,29)30)10-34(22(14)31-18)19-16(26)7-13(25)8-17(19)27/h5-8,10-12,21,35H,3-4,9H2,1-2H3,(H,32,37)/t11-,21-/m0/s1. The van der Waals surface area contributed by atoms with Gasteiger partial charge in [0, 0.05) is 31.9 Å². The number of anilines is 1. The van der Waals surface area contributed by atoms with Gasteiger partial charge in [0.1, 0.15) is 28.9 Å². The van der Waals surface area contributed by atoms with Crippen LogP contribution in [0, 0.1) is 23.4 Å². The third kappa shape index (κ3) is 5.41. The molecule has 1 fully saturated rings. The van der Waals surface area contributed by atoms with Crippen LogP contribution in [-0.4, -0.2) is 52.5 Å². The van der Waals surface area contributed by atoms with Crippen LogP contribution in [0.2, 0.25) is 0 Å². The number of fused-ring (bicyclic) bond motifs is 1. The quantitative estimate of drug-likeness (QED) is 0.457. The number of carbonyl (C=O) groups excluding carboxylic acids is 1. The molecule has 1 aromatic carbocycles. The summed E-state index contributed by atoms with van der Waals surface area (Å²) in [7, 11) is 1.55. The Balaban J connectivity index is 1.92. The van der Waals surface area contributed by atoms with Crippen LogP contribution < -0.4 is 15.6 Å². The molecule has 7 nitrogen and oxygen atoms in total. The maximum absolute atomic E-state index is 14.8. The van der Waals surface area contributed by atoms with Gasteiger partial charge in [-0.15, -0.1) is 0 Å². The summed E-state index contributed by atoms with van der Waals surface area (Å²) < 4.78 is 84.2. The van der Waals surface area contributed by atoms with Crippen molar-refractivity contribution in [1.29, 1.82) is 0 Å². The average Bonchev–Trinajstić information content (AvgIpc) is 3.61. The van der Waals surface area contributed by atoms with E-state index < -0.39 is 64.3 Å². The van der Waals surface area contributed by atoms with Gasteiger partial charge in [0.25, 0.3) is 5.91 Å². The second-order valence-electron chi connectivity index (χ2n) is 9.06. The molecule has 0 bridgehead atoms. The molecule has 2 N–H and O–H groups in total. The van der Waals surface area contributed by atoms with E-state index in [9.17, 15) is 41.0 Å². The van der Waals surface area contributed by atoms with E-state index >= 15 is 0 Å². The van der Waals surface area contributed by atoms with Crippen LogP contribution in [0.5, 0.6) is 0 Å². The second-order valence-corrected chi connectivity index (χ2v) is 9.06. The van der Waals surface area contributed by atoms with Crippen molar-refractivity contribution < 1.29 is 36.2 Å². The van der Waals surface area contributed by atoms with Gasteiger partial charge in [-0.1, -0.05) is 0 Å². The van der Waals surface area contributed by atoms with Crippen molar-refractivity contribution >= 4 is 22.8 Å². The SMILES string of the molecule is C[C@H](O)CN(C)c1ccc2c(=O)c(C(=O)N[C@@H](C3CC3)C(F)(F)F)cn(-c3c(F)cc(F)cc3F)c2n1. The van der Waals surface area contributed by atoms with E-state index in [-0.39, 0.29) is 36.2 Å². The molecule has 2 aromatic heterocycles. The van der Waals surface area contributed by atoms with Crippen LogP contribution in [-0.2, 0) is 0 Å². The molecule has 0 aliphatic heterocycles. The number of rotatable bonds is 7. The summed E-state index contributed by atoms with van der Waals surface area (Å²) in [4.78, 5) is 31.8. The Morgan fingerprint density at radius 1 is 1.22 bits per heavy atom. The molecule has 1 aliphatic carbocycles. The summed E-state index contributed by atoms with van der Waals surface area (Å²) in [6.07, 6.45) is -4.38. The number of aliphatic hydroxyl groups is 1. The molecule has 2 heterocycles. The van der Waals surface area contributed by atoms with Crippen LogP contribution in [0.3, 0.4) is 0 Å². The summed E-state index contributed by atoms with van der Waals surface area (Å²) in [5, 5.41) is 11.2. The highest BCUT2D eigenvalue weighted by atomic mass is 19.4. The number of hydrogen-bond donors (Lipinski definition) is 2. The number of amides is 1. The first-order chi connectivity index (χ1) is 17.3. The highest BCUT2D eigenvalue weighted by molar-refractivity contribution is 5.97. The predicted octanol–water partition coefficient (Wildman–Crippen LogP) is 3.69. The summed E-state index contributed by atoms with van der Waals surface area (Å²) >= 11 is 0. The van der Waals surface area contributed by atoms with Crippen LogP contribution >= 0.6 is 0 Å². The molecule has 4 rings (SSSR count). The molecular weight excluding hydrogens is 506 g/mol. The highest BCUT2D eigenvalue weighted by Crippen LogP contribution is 2.40. The summed E-state index contributed by atoms with van der Waals surface area (Å²) in [6, 6.07) is 1.10. The smallest absolute Gasteiger partial charge is 0.392 e. The molecule has 0 spiro atoms. The monoisotopic (exact) mass is 528 g/mol. The Hall–Kier alpha value is -3.61. The lowest BCUT2D eigenvalue weighted by atomic mass is 10.1. The molecule has 13 heteroatoms. The summed E-state index contributed by atoms with van der Waals surface area (Å²) in [6.45, 7) is 1.61. The van der Waals surface area contributed by atoms with Gasteiger partial charge in [-0.25, -0.2) is 18.2 Å². The van der Waals surface area contributed by atoms with E-state index in [4.69, 9.17) is 0 Å². The maximum Gasteiger partial charge on any atom is 0.408 e. The fourth-order valence-electron chi connectivity index (χ4n) is 4.11. The minimum atomic E-state index is -4.77. The van der Waals surface area contributed by atoms with Gasteiger partial charge in [0.05, 0.1) is 11.5 Å². The molecule has 37 heavy (non-hydrogen) atoms. The Labute approximate surface area is 206 Å². The Kier molecular flexibility index (Phi) is 6.93. The molecule has 0 saturated heterocycles.